The molecule has 0 unspecified atom stereocenters. The van der Waals surface area contributed by atoms with Gasteiger partial charge in [-0.2, -0.15) is 0 Å². The van der Waals surface area contributed by atoms with Crippen LogP contribution >= 0.6 is 0 Å². The highest BCUT2D eigenvalue weighted by Crippen LogP contribution is 2.43. The Morgan fingerprint density at radius 2 is 1.94 bits per heavy atom. The number of nitrogens with zero attached hydrogens (tertiary/aromatic N) is 3. The number of benzene rings is 2. The Kier molecular flexibility index (Phi) is 6.20. The van der Waals surface area contributed by atoms with E-state index in [4.69, 9.17) is 15.2 Å². The standard InChI is InChI=1S/C27H30N4O3/c1-33-21-10-5-7-19(17-21)22-18-29-26(28)30-24(22)23-11-6-14-31(23)25(32)27(12-15-34-16-13-27)20-8-3-2-4-9-20/h2-5,7-10,17-18,23H,6,11-16H2,1H3,(H2,28,29,30)/t23-/m0/s1. The number of nitrogens with two attached hydrogens (primary N) is 1. The van der Waals surface area contributed by atoms with Crippen molar-refractivity contribution in [3.8, 4) is 16.9 Å². The second-order valence-corrected chi connectivity index (χ2v) is 8.98. The summed E-state index contributed by atoms with van der Waals surface area (Å²) in [5, 5.41) is 0. The number of anilines is 1. The molecule has 2 N–H and O–H groups in total. The number of amides is 1. The fourth-order valence-electron chi connectivity index (χ4n) is 5.35. The van der Waals surface area contributed by atoms with E-state index in [1.807, 2.05) is 47.4 Å². The van der Waals surface area contributed by atoms with E-state index in [-0.39, 0.29) is 17.9 Å². The maximum absolute atomic E-state index is 14.3. The van der Waals surface area contributed by atoms with Crippen molar-refractivity contribution in [1.29, 1.82) is 0 Å². The minimum absolute atomic E-state index is 0.151. The number of rotatable bonds is 5. The van der Waals surface area contributed by atoms with E-state index in [2.05, 4.69) is 22.1 Å². The minimum atomic E-state index is -0.587. The van der Waals surface area contributed by atoms with Crippen LogP contribution in [-0.2, 0) is 14.9 Å². The molecule has 0 spiro atoms. The second kappa shape index (κ2) is 9.43. The van der Waals surface area contributed by atoms with Gasteiger partial charge in [0, 0.05) is 31.5 Å². The summed E-state index contributed by atoms with van der Waals surface area (Å²) in [6, 6.07) is 17.8. The summed E-state index contributed by atoms with van der Waals surface area (Å²) in [7, 11) is 1.65. The molecule has 34 heavy (non-hydrogen) atoms. The number of hydrogen-bond donors (Lipinski definition) is 1. The highest BCUT2D eigenvalue weighted by atomic mass is 16.5. The molecule has 0 bridgehead atoms. The van der Waals surface area contributed by atoms with Crippen molar-refractivity contribution in [2.45, 2.75) is 37.1 Å². The molecule has 3 heterocycles. The molecule has 7 heteroatoms. The lowest BCUT2D eigenvalue weighted by Crippen LogP contribution is -2.49. The van der Waals surface area contributed by atoms with Gasteiger partial charge >= 0.3 is 0 Å². The summed E-state index contributed by atoms with van der Waals surface area (Å²) in [6.45, 7) is 1.85. The summed E-state index contributed by atoms with van der Waals surface area (Å²) < 4.78 is 11.1. The lowest BCUT2D eigenvalue weighted by atomic mass is 9.72. The van der Waals surface area contributed by atoms with E-state index in [0.29, 0.717) is 32.6 Å². The summed E-state index contributed by atoms with van der Waals surface area (Å²) in [6.07, 6.45) is 4.86. The fraction of sp³-hybridized carbons (Fsp3) is 0.370. The molecule has 176 valence electrons. The molecular weight excluding hydrogens is 428 g/mol. The molecule has 2 saturated heterocycles. The Labute approximate surface area is 199 Å². The predicted octanol–water partition coefficient (Wildman–Crippen LogP) is 4.15. The first-order valence-electron chi connectivity index (χ1n) is 11.8. The highest BCUT2D eigenvalue weighted by molar-refractivity contribution is 5.89. The van der Waals surface area contributed by atoms with Crippen molar-refractivity contribution in [1.82, 2.24) is 14.9 Å². The van der Waals surface area contributed by atoms with E-state index < -0.39 is 5.41 Å². The number of carbonyl (C=O) groups excluding carboxylic acids is 1. The van der Waals surface area contributed by atoms with Gasteiger partial charge in [-0.25, -0.2) is 9.97 Å². The monoisotopic (exact) mass is 458 g/mol. The SMILES string of the molecule is COc1cccc(-c2cnc(N)nc2[C@@H]2CCCN2C(=O)C2(c3ccccc3)CCOCC2)c1. The lowest BCUT2D eigenvalue weighted by Gasteiger charge is -2.41. The van der Waals surface area contributed by atoms with Gasteiger partial charge in [-0.3, -0.25) is 4.79 Å². The Morgan fingerprint density at radius 1 is 1.15 bits per heavy atom. The fourth-order valence-corrected chi connectivity index (χ4v) is 5.35. The van der Waals surface area contributed by atoms with E-state index in [1.165, 1.54) is 0 Å². The average molecular weight is 459 g/mol. The Hall–Kier alpha value is -3.45. The van der Waals surface area contributed by atoms with Crippen LogP contribution in [0, 0.1) is 0 Å². The number of aromatic nitrogens is 2. The van der Waals surface area contributed by atoms with E-state index >= 15 is 0 Å². The minimum Gasteiger partial charge on any atom is -0.497 e. The molecule has 1 aromatic heterocycles. The van der Waals surface area contributed by atoms with Gasteiger partial charge in [-0.05, 0) is 48.9 Å². The molecule has 0 saturated carbocycles. The largest absolute Gasteiger partial charge is 0.497 e. The molecule has 5 rings (SSSR count). The van der Waals surface area contributed by atoms with Gasteiger partial charge in [0.2, 0.25) is 11.9 Å². The number of ether oxygens (including phenoxy) is 2. The molecule has 2 aromatic carbocycles. The Balaban J connectivity index is 1.56. The van der Waals surface area contributed by atoms with Crippen LogP contribution in [0.4, 0.5) is 5.95 Å². The van der Waals surface area contributed by atoms with Gasteiger partial charge in [0.1, 0.15) is 5.75 Å². The van der Waals surface area contributed by atoms with Crippen LogP contribution in [0.25, 0.3) is 11.1 Å². The summed E-state index contributed by atoms with van der Waals surface area (Å²) >= 11 is 0. The lowest BCUT2D eigenvalue weighted by molar-refractivity contribution is -0.142. The van der Waals surface area contributed by atoms with Crippen LogP contribution in [-0.4, -0.2) is 47.6 Å². The molecule has 0 aliphatic carbocycles. The van der Waals surface area contributed by atoms with Crippen molar-refractivity contribution in [2.24, 2.45) is 0 Å². The smallest absolute Gasteiger partial charge is 0.233 e. The van der Waals surface area contributed by atoms with Crippen molar-refractivity contribution in [3.05, 3.63) is 72.1 Å². The molecule has 7 nitrogen and oxygen atoms in total. The number of hydrogen-bond acceptors (Lipinski definition) is 6. The molecular formula is C27H30N4O3. The summed E-state index contributed by atoms with van der Waals surface area (Å²) in [5.74, 6) is 1.12. The second-order valence-electron chi connectivity index (χ2n) is 8.98. The van der Waals surface area contributed by atoms with Crippen LogP contribution in [0.5, 0.6) is 5.75 Å². The topological polar surface area (TPSA) is 90.6 Å². The molecule has 0 radical (unpaired) electrons. The maximum atomic E-state index is 14.3. The molecule has 1 atom stereocenters. The van der Waals surface area contributed by atoms with E-state index in [0.717, 1.165) is 41.0 Å². The van der Waals surface area contributed by atoms with Crippen LogP contribution in [0.2, 0.25) is 0 Å². The van der Waals surface area contributed by atoms with Gasteiger partial charge in [0.05, 0.1) is 24.3 Å². The first-order valence-corrected chi connectivity index (χ1v) is 11.8. The third kappa shape index (κ3) is 4.01. The number of methoxy groups -OCH3 is 1. The van der Waals surface area contributed by atoms with Gasteiger partial charge < -0.3 is 20.1 Å². The highest BCUT2D eigenvalue weighted by Gasteiger charge is 2.47. The molecule has 2 fully saturated rings. The molecule has 2 aliphatic heterocycles. The van der Waals surface area contributed by atoms with Gasteiger partial charge in [-0.15, -0.1) is 0 Å². The zero-order valence-corrected chi connectivity index (χ0v) is 19.4. The zero-order valence-electron chi connectivity index (χ0n) is 19.4. The van der Waals surface area contributed by atoms with E-state index in [1.54, 1.807) is 13.3 Å². The normalized spacial score (nSPS) is 19.7. The maximum Gasteiger partial charge on any atom is 0.233 e. The molecule has 1 amide bonds. The third-order valence-corrected chi connectivity index (χ3v) is 7.13. The van der Waals surface area contributed by atoms with Crippen LogP contribution in [0.15, 0.2) is 60.8 Å². The van der Waals surface area contributed by atoms with Gasteiger partial charge in [0.25, 0.3) is 0 Å². The Bertz CT molecular complexity index is 1160. The first kappa shape index (κ1) is 22.3. The van der Waals surface area contributed by atoms with Gasteiger partial charge in [0.15, 0.2) is 0 Å². The first-order chi connectivity index (χ1) is 16.6. The van der Waals surface area contributed by atoms with Crippen LogP contribution < -0.4 is 10.5 Å². The summed E-state index contributed by atoms with van der Waals surface area (Å²) in [5.41, 5.74) is 9.13. The van der Waals surface area contributed by atoms with E-state index in [9.17, 15) is 4.79 Å². The van der Waals surface area contributed by atoms with Gasteiger partial charge in [-0.1, -0.05) is 42.5 Å². The van der Waals surface area contributed by atoms with Crippen LogP contribution in [0.1, 0.15) is 43.0 Å². The Morgan fingerprint density at radius 3 is 2.71 bits per heavy atom. The number of likely N-dealkylation sites (tertiary alicyclic amines) is 1. The molecule has 3 aromatic rings. The van der Waals surface area contributed by atoms with Crippen molar-refractivity contribution < 1.29 is 14.3 Å². The summed E-state index contributed by atoms with van der Waals surface area (Å²) in [4.78, 5) is 25.3. The van der Waals surface area contributed by atoms with Crippen molar-refractivity contribution in [3.63, 3.8) is 0 Å². The quantitative estimate of drug-likeness (QED) is 0.618. The predicted molar refractivity (Wildman–Crippen MR) is 130 cm³/mol. The number of carbonyl (C=O) groups is 1. The van der Waals surface area contributed by atoms with Crippen LogP contribution in [0.3, 0.4) is 0 Å². The number of nitrogen functional groups attached to an aromatic ring is 1. The van der Waals surface area contributed by atoms with Crippen molar-refractivity contribution >= 4 is 11.9 Å². The van der Waals surface area contributed by atoms with Crippen molar-refractivity contribution in [2.75, 3.05) is 32.6 Å². The zero-order chi connectivity index (χ0) is 23.5. The molecule has 2 aliphatic rings. The average Bonchev–Trinajstić information content (AvgIpc) is 3.39. The third-order valence-electron chi connectivity index (χ3n) is 7.13.